The molecular formula is C13H27N3O. The van der Waals surface area contributed by atoms with E-state index in [1.165, 1.54) is 6.42 Å². The van der Waals surface area contributed by atoms with Crippen molar-refractivity contribution in [3.05, 3.63) is 0 Å². The first-order valence-electron chi connectivity index (χ1n) is 6.87. The molecule has 1 saturated heterocycles. The number of carbonyl (C=O) groups excluding carboxylic acids is 1. The average molecular weight is 241 g/mol. The van der Waals surface area contributed by atoms with Gasteiger partial charge in [-0.15, -0.1) is 0 Å². The summed E-state index contributed by atoms with van der Waals surface area (Å²) in [5.41, 5.74) is 5.56. The van der Waals surface area contributed by atoms with Gasteiger partial charge in [-0.1, -0.05) is 13.8 Å². The van der Waals surface area contributed by atoms with Crippen molar-refractivity contribution in [3.8, 4) is 0 Å². The molecule has 1 fully saturated rings. The molecule has 0 aromatic heterocycles. The summed E-state index contributed by atoms with van der Waals surface area (Å²) in [5.74, 6) is 0.766. The molecule has 1 aliphatic heterocycles. The minimum absolute atomic E-state index is 0.307. The molecule has 1 heterocycles. The highest BCUT2D eigenvalue weighted by Crippen LogP contribution is 2.09. The van der Waals surface area contributed by atoms with E-state index >= 15 is 0 Å². The van der Waals surface area contributed by atoms with Crippen LogP contribution in [0.5, 0.6) is 0 Å². The highest BCUT2D eigenvalue weighted by molar-refractivity contribution is 5.76. The maximum Gasteiger partial charge on any atom is 0.222 e. The molecule has 4 nitrogen and oxygen atoms in total. The van der Waals surface area contributed by atoms with Crippen LogP contribution in [-0.2, 0) is 4.79 Å². The van der Waals surface area contributed by atoms with Crippen molar-refractivity contribution in [2.45, 2.75) is 33.1 Å². The molecule has 100 valence electrons. The van der Waals surface area contributed by atoms with Gasteiger partial charge in [-0.05, 0) is 31.8 Å². The number of amides is 1. The van der Waals surface area contributed by atoms with E-state index < -0.39 is 0 Å². The predicted molar refractivity (Wildman–Crippen MR) is 70.8 cm³/mol. The first-order valence-corrected chi connectivity index (χ1v) is 6.87. The second-order valence-corrected chi connectivity index (χ2v) is 5.10. The van der Waals surface area contributed by atoms with E-state index in [2.05, 4.69) is 18.7 Å². The smallest absolute Gasteiger partial charge is 0.222 e. The number of carbonyl (C=O) groups is 1. The Kier molecular flexibility index (Phi) is 6.52. The number of rotatable bonds is 6. The van der Waals surface area contributed by atoms with Gasteiger partial charge in [0.05, 0.1) is 0 Å². The van der Waals surface area contributed by atoms with Gasteiger partial charge in [0, 0.05) is 32.6 Å². The van der Waals surface area contributed by atoms with Gasteiger partial charge < -0.3 is 10.6 Å². The van der Waals surface area contributed by atoms with Crippen LogP contribution < -0.4 is 5.73 Å². The van der Waals surface area contributed by atoms with Crippen LogP contribution in [0.3, 0.4) is 0 Å². The van der Waals surface area contributed by atoms with Crippen molar-refractivity contribution in [1.29, 1.82) is 0 Å². The normalized spacial score (nSPS) is 19.4. The van der Waals surface area contributed by atoms with E-state index in [0.717, 1.165) is 39.1 Å². The minimum Gasteiger partial charge on any atom is -0.340 e. The van der Waals surface area contributed by atoms with Gasteiger partial charge in [-0.25, -0.2) is 0 Å². The Bertz CT molecular complexity index is 225. The molecule has 0 aliphatic carbocycles. The lowest BCUT2D eigenvalue weighted by atomic mass is 10.1. The maximum atomic E-state index is 11.9. The fraction of sp³-hybridized carbons (Fsp3) is 0.923. The highest BCUT2D eigenvalue weighted by Gasteiger charge is 2.20. The largest absolute Gasteiger partial charge is 0.340 e. The lowest BCUT2D eigenvalue weighted by molar-refractivity contribution is -0.133. The van der Waals surface area contributed by atoms with Crippen LogP contribution in [0.25, 0.3) is 0 Å². The molecule has 1 rings (SSSR count). The van der Waals surface area contributed by atoms with Gasteiger partial charge >= 0.3 is 0 Å². The van der Waals surface area contributed by atoms with E-state index in [1.54, 1.807) is 0 Å². The zero-order valence-corrected chi connectivity index (χ0v) is 11.3. The zero-order valence-electron chi connectivity index (χ0n) is 11.3. The average Bonchev–Trinajstić information content (AvgIpc) is 2.36. The van der Waals surface area contributed by atoms with Crippen LogP contribution >= 0.6 is 0 Å². The number of hydrogen-bond donors (Lipinski definition) is 1. The van der Waals surface area contributed by atoms with Crippen LogP contribution in [0.1, 0.15) is 33.1 Å². The van der Waals surface area contributed by atoms with E-state index in [0.29, 0.717) is 24.8 Å². The topological polar surface area (TPSA) is 49.6 Å². The van der Waals surface area contributed by atoms with E-state index in [1.807, 2.05) is 4.90 Å². The van der Waals surface area contributed by atoms with Crippen LogP contribution in [0.15, 0.2) is 0 Å². The minimum atomic E-state index is 0.307. The monoisotopic (exact) mass is 241 g/mol. The molecule has 0 radical (unpaired) electrons. The van der Waals surface area contributed by atoms with Crippen LogP contribution in [-0.4, -0.2) is 55.0 Å². The SMILES string of the molecule is CCCN1CCN(C(=O)CCC(C)CN)CC1. The summed E-state index contributed by atoms with van der Waals surface area (Å²) in [6.45, 7) is 10.0. The molecule has 2 N–H and O–H groups in total. The molecule has 0 saturated carbocycles. The third kappa shape index (κ3) is 5.04. The molecule has 1 amide bonds. The van der Waals surface area contributed by atoms with Crippen molar-refractivity contribution in [2.24, 2.45) is 11.7 Å². The Hall–Kier alpha value is -0.610. The van der Waals surface area contributed by atoms with Crippen molar-refractivity contribution in [3.63, 3.8) is 0 Å². The first kappa shape index (κ1) is 14.5. The summed E-state index contributed by atoms with van der Waals surface area (Å²) in [6, 6.07) is 0. The van der Waals surface area contributed by atoms with Crippen molar-refractivity contribution < 1.29 is 4.79 Å². The molecule has 0 aromatic rings. The van der Waals surface area contributed by atoms with Gasteiger partial charge in [-0.3, -0.25) is 9.69 Å². The molecule has 17 heavy (non-hydrogen) atoms. The molecule has 1 unspecified atom stereocenters. The Morgan fingerprint density at radius 1 is 1.29 bits per heavy atom. The maximum absolute atomic E-state index is 11.9. The van der Waals surface area contributed by atoms with Crippen molar-refractivity contribution >= 4 is 5.91 Å². The van der Waals surface area contributed by atoms with Crippen molar-refractivity contribution in [2.75, 3.05) is 39.3 Å². The summed E-state index contributed by atoms with van der Waals surface area (Å²) in [7, 11) is 0. The van der Waals surface area contributed by atoms with Gasteiger partial charge in [0.15, 0.2) is 0 Å². The molecule has 0 spiro atoms. The summed E-state index contributed by atoms with van der Waals surface area (Å²) in [4.78, 5) is 16.4. The lowest BCUT2D eigenvalue weighted by Gasteiger charge is -2.34. The van der Waals surface area contributed by atoms with Gasteiger partial charge in [0.25, 0.3) is 0 Å². The molecular weight excluding hydrogens is 214 g/mol. The Balaban J connectivity index is 2.21. The second kappa shape index (κ2) is 7.67. The Labute approximate surface area is 105 Å². The summed E-state index contributed by atoms with van der Waals surface area (Å²) in [6.07, 6.45) is 2.78. The molecule has 1 aliphatic rings. The summed E-state index contributed by atoms with van der Waals surface area (Å²) in [5, 5.41) is 0. The van der Waals surface area contributed by atoms with E-state index in [4.69, 9.17) is 5.73 Å². The third-order valence-corrected chi connectivity index (χ3v) is 3.52. The van der Waals surface area contributed by atoms with Gasteiger partial charge in [0.2, 0.25) is 5.91 Å². The van der Waals surface area contributed by atoms with E-state index in [-0.39, 0.29) is 0 Å². The fourth-order valence-corrected chi connectivity index (χ4v) is 2.18. The Morgan fingerprint density at radius 2 is 1.94 bits per heavy atom. The number of piperazine rings is 1. The summed E-state index contributed by atoms with van der Waals surface area (Å²) >= 11 is 0. The first-order chi connectivity index (χ1) is 8.17. The lowest BCUT2D eigenvalue weighted by Crippen LogP contribution is -2.48. The fourth-order valence-electron chi connectivity index (χ4n) is 2.18. The highest BCUT2D eigenvalue weighted by atomic mass is 16.2. The third-order valence-electron chi connectivity index (χ3n) is 3.52. The van der Waals surface area contributed by atoms with Crippen LogP contribution in [0, 0.1) is 5.92 Å². The predicted octanol–water partition coefficient (Wildman–Crippen LogP) is 0.916. The van der Waals surface area contributed by atoms with Crippen LogP contribution in [0.4, 0.5) is 0 Å². The second-order valence-electron chi connectivity index (χ2n) is 5.10. The number of nitrogens with zero attached hydrogens (tertiary/aromatic N) is 2. The molecule has 4 heteroatoms. The van der Waals surface area contributed by atoms with Crippen molar-refractivity contribution in [1.82, 2.24) is 9.80 Å². The number of nitrogens with two attached hydrogens (primary N) is 1. The quantitative estimate of drug-likeness (QED) is 0.752. The van der Waals surface area contributed by atoms with Crippen LogP contribution in [0.2, 0.25) is 0 Å². The van der Waals surface area contributed by atoms with E-state index in [9.17, 15) is 4.79 Å². The molecule has 1 atom stereocenters. The Morgan fingerprint density at radius 3 is 2.47 bits per heavy atom. The van der Waals surface area contributed by atoms with Gasteiger partial charge in [-0.2, -0.15) is 0 Å². The summed E-state index contributed by atoms with van der Waals surface area (Å²) < 4.78 is 0. The molecule has 0 bridgehead atoms. The zero-order chi connectivity index (χ0) is 12.7. The standard InChI is InChI=1S/C13H27N3O/c1-3-6-15-7-9-16(10-8-15)13(17)5-4-12(2)11-14/h12H,3-11,14H2,1-2H3. The van der Waals surface area contributed by atoms with Gasteiger partial charge in [0.1, 0.15) is 0 Å². The molecule has 0 aromatic carbocycles. The number of hydrogen-bond acceptors (Lipinski definition) is 3.